The number of carbonyl (C=O) groups is 2. The van der Waals surface area contributed by atoms with Crippen molar-refractivity contribution in [1.82, 2.24) is 4.90 Å². The number of Topliss-reactive ketones (excluding diaryl/α,β-unsaturated/α-hetero) is 1. The Labute approximate surface area is 123 Å². The van der Waals surface area contributed by atoms with E-state index in [2.05, 4.69) is 0 Å². The van der Waals surface area contributed by atoms with E-state index >= 15 is 0 Å². The molecule has 2 aromatic carbocycles. The number of ketones is 1. The number of carbonyl (C=O) groups excluding carboxylic acids is 2. The van der Waals surface area contributed by atoms with Crippen LogP contribution in [0, 0.1) is 0 Å². The quantitative estimate of drug-likeness (QED) is 0.845. The first kappa shape index (κ1) is 13.3. The van der Waals surface area contributed by atoms with Crippen LogP contribution in [0.5, 0.6) is 0 Å². The second-order valence-electron chi connectivity index (χ2n) is 4.95. The lowest BCUT2D eigenvalue weighted by atomic mass is 9.97. The number of rotatable bonds is 2. The lowest BCUT2D eigenvalue weighted by Crippen LogP contribution is -2.32. The van der Waals surface area contributed by atoms with Crippen molar-refractivity contribution < 1.29 is 9.59 Å². The molecular weight excluding hydrogens is 262 g/mol. The second-order valence-corrected chi connectivity index (χ2v) is 4.95. The summed E-state index contributed by atoms with van der Waals surface area (Å²) in [6.45, 7) is 0.433. The Morgan fingerprint density at radius 2 is 1.52 bits per heavy atom. The summed E-state index contributed by atoms with van der Waals surface area (Å²) in [4.78, 5) is 26.2. The highest BCUT2D eigenvalue weighted by Gasteiger charge is 2.23. The Bertz CT molecular complexity index is 690. The number of allylic oxidation sites excluding steroid dienone is 1. The van der Waals surface area contributed by atoms with Gasteiger partial charge in [0.05, 0.1) is 0 Å². The zero-order chi connectivity index (χ0) is 14.7. The first-order valence-electron chi connectivity index (χ1n) is 6.92. The summed E-state index contributed by atoms with van der Waals surface area (Å²) in [5, 5.41) is 0. The fraction of sp³-hybridized carbons (Fsp3) is 0.111. The topological polar surface area (TPSA) is 37.4 Å². The van der Waals surface area contributed by atoms with Crippen molar-refractivity contribution in [3.8, 4) is 0 Å². The van der Waals surface area contributed by atoms with Crippen LogP contribution in [-0.2, 0) is 4.79 Å². The van der Waals surface area contributed by atoms with E-state index in [9.17, 15) is 9.59 Å². The van der Waals surface area contributed by atoms with E-state index in [0.29, 0.717) is 24.1 Å². The van der Waals surface area contributed by atoms with E-state index in [1.807, 2.05) is 48.5 Å². The molecule has 0 aromatic heterocycles. The third-order valence-electron chi connectivity index (χ3n) is 3.53. The standard InChI is InChI=1S/C18H15NO2/c20-17-11-12-19(18(21)15-9-5-2-6-10-15)13-16(17)14-7-3-1-4-8-14/h1-10,13H,11-12H2. The molecule has 0 aliphatic carbocycles. The number of nitrogens with zero attached hydrogens (tertiary/aromatic N) is 1. The summed E-state index contributed by atoms with van der Waals surface area (Å²) < 4.78 is 0. The Morgan fingerprint density at radius 1 is 0.905 bits per heavy atom. The molecule has 0 bridgehead atoms. The Morgan fingerprint density at radius 3 is 2.19 bits per heavy atom. The zero-order valence-electron chi connectivity index (χ0n) is 11.5. The molecule has 3 rings (SSSR count). The number of amides is 1. The van der Waals surface area contributed by atoms with Crippen LogP contribution in [0.15, 0.2) is 66.9 Å². The molecule has 3 heteroatoms. The predicted molar refractivity (Wildman–Crippen MR) is 81.5 cm³/mol. The molecule has 0 spiro atoms. The fourth-order valence-corrected chi connectivity index (χ4v) is 2.41. The minimum atomic E-state index is -0.0727. The van der Waals surface area contributed by atoms with Gasteiger partial charge in [-0.1, -0.05) is 48.5 Å². The maximum absolute atomic E-state index is 12.5. The van der Waals surface area contributed by atoms with E-state index in [4.69, 9.17) is 0 Å². The van der Waals surface area contributed by atoms with Gasteiger partial charge in [0.1, 0.15) is 0 Å². The molecule has 0 saturated carbocycles. The van der Waals surface area contributed by atoms with Crippen molar-refractivity contribution in [2.75, 3.05) is 6.54 Å². The average Bonchev–Trinajstić information content (AvgIpc) is 2.56. The third kappa shape index (κ3) is 2.77. The van der Waals surface area contributed by atoms with Gasteiger partial charge in [-0.2, -0.15) is 0 Å². The zero-order valence-corrected chi connectivity index (χ0v) is 11.5. The van der Waals surface area contributed by atoms with Gasteiger partial charge in [0.2, 0.25) is 0 Å². The normalized spacial score (nSPS) is 14.8. The molecule has 1 amide bonds. The summed E-state index contributed by atoms with van der Waals surface area (Å²) in [6, 6.07) is 18.6. The highest BCUT2D eigenvalue weighted by atomic mass is 16.2. The minimum Gasteiger partial charge on any atom is -0.314 e. The lowest BCUT2D eigenvalue weighted by molar-refractivity contribution is -0.114. The van der Waals surface area contributed by atoms with E-state index in [1.54, 1.807) is 23.2 Å². The van der Waals surface area contributed by atoms with Crippen molar-refractivity contribution in [2.45, 2.75) is 6.42 Å². The molecule has 0 atom stereocenters. The molecule has 104 valence electrons. The molecule has 0 N–H and O–H groups in total. The molecule has 2 aromatic rings. The first-order valence-corrected chi connectivity index (χ1v) is 6.92. The average molecular weight is 277 g/mol. The van der Waals surface area contributed by atoms with Crippen molar-refractivity contribution in [3.63, 3.8) is 0 Å². The van der Waals surface area contributed by atoms with E-state index in [1.165, 1.54) is 0 Å². The first-order chi connectivity index (χ1) is 10.3. The van der Waals surface area contributed by atoms with Crippen molar-refractivity contribution >= 4 is 17.3 Å². The van der Waals surface area contributed by atoms with Gasteiger partial charge in [0.25, 0.3) is 5.91 Å². The van der Waals surface area contributed by atoms with Gasteiger partial charge in [-0.15, -0.1) is 0 Å². The summed E-state index contributed by atoms with van der Waals surface area (Å²) in [5.41, 5.74) is 2.09. The van der Waals surface area contributed by atoms with Gasteiger partial charge >= 0.3 is 0 Å². The number of hydrogen-bond acceptors (Lipinski definition) is 2. The Kier molecular flexibility index (Phi) is 3.65. The predicted octanol–water partition coefficient (Wildman–Crippen LogP) is 3.14. The molecule has 21 heavy (non-hydrogen) atoms. The molecule has 0 unspecified atom stereocenters. The number of hydrogen-bond donors (Lipinski definition) is 0. The molecule has 0 radical (unpaired) electrons. The van der Waals surface area contributed by atoms with Crippen LogP contribution in [0.3, 0.4) is 0 Å². The van der Waals surface area contributed by atoms with E-state index in [-0.39, 0.29) is 11.7 Å². The summed E-state index contributed by atoms with van der Waals surface area (Å²) in [7, 11) is 0. The second kappa shape index (κ2) is 5.75. The Hall–Kier alpha value is -2.68. The van der Waals surface area contributed by atoms with Crippen molar-refractivity contribution in [2.24, 2.45) is 0 Å². The van der Waals surface area contributed by atoms with Gasteiger partial charge in [0.15, 0.2) is 5.78 Å². The monoisotopic (exact) mass is 277 g/mol. The third-order valence-corrected chi connectivity index (χ3v) is 3.53. The Balaban J connectivity index is 1.93. The maximum Gasteiger partial charge on any atom is 0.257 e. The highest BCUT2D eigenvalue weighted by Crippen LogP contribution is 2.23. The van der Waals surface area contributed by atoms with Crippen LogP contribution in [-0.4, -0.2) is 23.1 Å². The van der Waals surface area contributed by atoms with Gasteiger partial charge < -0.3 is 4.90 Å². The van der Waals surface area contributed by atoms with E-state index in [0.717, 1.165) is 5.56 Å². The summed E-state index contributed by atoms with van der Waals surface area (Å²) in [5.74, 6) is 0.00911. The maximum atomic E-state index is 12.5. The van der Waals surface area contributed by atoms with Crippen LogP contribution in [0.1, 0.15) is 22.3 Å². The molecule has 0 fully saturated rings. The van der Waals surface area contributed by atoms with Crippen LogP contribution < -0.4 is 0 Å². The van der Waals surface area contributed by atoms with Gasteiger partial charge in [-0.05, 0) is 17.7 Å². The van der Waals surface area contributed by atoms with E-state index < -0.39 is 0 Å². The molecule has 3 nitrogen and oxygen atoms in total. The molecule has 1 aliphatic rings. The highest BCUT2D eigenvalue weighted by molar-refractivity contribution is 6.22. The molecule has 1 heterocycles. The minimum absolute atomic E-state index is 0.0727. The van der Waals surface area contributed by atoms with Gasteiger partial charge in [-0.25, -0.2) is 0 Å². The van der Waals surface area contributed by atoms with Crippen LogP contribution in [0.25, 0.3) is 5.57 Å². The molecule has 0 saturated heterocycles. The molecular formula is C18H15NO2. The van der Waals surface area contributed by atoms with Crippen LogP contribution in [0.4, 0.5) is 0 Å². The SMILES string of the molecule is O=C1CCN(C(=O)c2ccccc2)C=C1c1ccccc1. The van der Waals surface area contributed by atoms with Crippen molar-refractivity contribution in [3.05, 3.63) is 78.0 Å². The summed E-state index contributed by atoms with van der Waals surface area (Å²) >= 11 is 0. The van der Waals surface area contributed by atoms with Crippen molar-refractivity contribution in [1.29, 1.82) is 0 Å². The summed E-state index contributed by atoms with van der Waals surface area (Å²) in [6.07, 6.45) is 2.04. The molecule has 1 aliphatic heterocycles. The smallest absolute Gasteiger partial charge is 0.257 e. The lowest BCUT2D eigenvalue weighted by Gasteiger charge is -2.24. The number of benzene rings is 2. The van der Waals surface area contributed by atoms with Gasteiger partial charge in [0, 0.05) is 30.3 Å². The van der Waals surface area contributed by atoms with Crippen LogP contribution in [0.2, 0.25) is 0 Å². The van der Waals surface area contributed by atoms with Crippen LogP contribution >= 0.6 is 0 Å². The van der Waals surface area contributed by atoms with Gasteiger partial charge in [-0.3, -0.25) is 9.59 Å². The fourth-order valence-electron chi connectivity index (χ4n) is 2.41. The largest absolute Gasteiger partial charge is 0.314 e.